The number of benzene rings is 1. The van der Waals surface area contributed by atoms with E-state index in [4.69, 9.17) is 0 Å². The third kappa shape index (κ3) is 3.96. The van der Waals surface area contributed by atoms with Crippen LogP contribution < -0.4 is 4.90 Å². The molecule has 3 aromatic rings. The van der Waals surface area contributed by atoms with Crippen LogP contribution in [0.2, 0.25) is 0 Å². The van der Waals surface area contributed by atoms with E-state index in [-0.39, 0.29) is 18.0 Å². The minimum absolute atomic E-state index is 0.169. The van der Waals surface area contributed by atoms with Crippen molar-refractivity contribution in [3.8, 4) is 5.82 Å². The first-order valence-electron chi connectivity index (χ1n) is 8.90. The zero-order chi connectivity index (χ0) is 20.6. The summed E-state index contributed by atoms with van der Waals surface area (Å²) in [5, 5.41) is 12.6. The van der Waals surface area contributed by atoms with Crippen molar-refractivity contribution in [2.24, 2.45) is 0 Å². The SMILES string of the molecule is Cc1ccn(-c2ccc(N3CCN(S(=O)(=O)c4cc(F)cc(F)c4)CC3)nn2)n1. The highest BCUT2D eigenvalue weighted by molar-refractivity contribution is 7.89. The Morgan fingerprint density at radius 2 is 1.52 bits per heavy atom. The number of anilines is 1. The van der Waals surface area contributed by atoms with Gasteiger partial charge in [-0.3, -0.25) is 0 Å². The number of piperazine rings is 1. The third-order valence-corrected chi connectivity index (χ3v) is 6.51. The largest absolute Gasteiger partial charge is 0.352 e. The lowest BCUT2D eigenvalue weighted by molar-refractivity contribution is 0.383. The van der Waals surface area contributed by atoms with Crippen LogP contribution in [0.4, 0.5) is 14.6 Å². The predicted molar refractivity (Wildman–Crippen MR) is 101 cm³/mol. The molecule has 0 saturated carbocycles. The third-order valence-electron chi connectivity index (χ3n) is 4.63. The normalized spacial score (nSPS) is 15.6. The van der Waals surface area contributed by atoms with Crippen molar-refractivity contribution in [2.75, 3.05) is 31.1 Å². The van der Waals surface area contributed by atoms with Gasteiger partial charge in [-0.25, -0.2) is 21.9 Å². The summed E-state index contributed by atoms with van der Waals surface area (Å²) in [6.07, 6.45) is 1.79. The van der Waals surface area contributed by atoms with Gasteiger partial charge in [0.2, 0.25) is 10.0 Å². The van der Waals surface area contributed by atoms with Crippen molar-refractivity contribution >= 4 is 15.8 Å². The average molecular weight is 420 g/mol. The molecule has 2 aromatic heterocycles. The second kappa shape index (κ2) is 7.48. The summed E-state index contributed by atoms with van der Waals surface area (Å²) in [7, 11) is -3.97. The van der Waals surface area contributed by atoms with Crippen molar-refractivity contribution in [1.29, 1.82) is 0 Å². The van der Waals surface area contributed by atoms with Gasteiger partial charge in [-0.1, -0.05) is 0 Å². The number of aryl methyl sites for hydroxylation is 1. The smallest absolute Gasteiger partial charge is 0.243 e. The minimum atomic E-state index is -3.97. The Balaban J connectivity index is 1.45. The Labute approximate surface area is 166 Å². The molecule has 152 valence electrons. The Morgan fingerprint density at radius 1 is 0.897 bits per heavy atom. The maximum Gasteiger partial charge on any atom is 0.243 e. The molecule has 0 spiro atoms. The zero-order valence-corrected chi connectivity index (χ0v) is 16.4. The van der Waals surface area contributed by atoms with Gasteiger partial charge in [0, 0.05) is 38.4 Å². The van der Waals surface area contributed by atoms with Crippen molar-refractivity contribution in [3.05, 3.63) is 59.9 Å². The molecule has 1 aliphatic rings. The molecular formula is C18H18F2N6O2S. The monoisotopic (exact) mass is 420 g/mol. The fourth-order valence-electron chi connectivity index (χ4n) is 3.14. The van der Waals surface area contributed by atoms with Crippen molar-refractivity contribution < 1.29 is 17.2 Å². The van der Waals surface area contributed by atoms with Crippen LogP contribution in [0.5, 0.6) is 0 Å². The van der Waals surface area contributed by atoms with Gasteiger partial charge in [-0.15, -0.1) is 10.2 Å². The van der Waals surface area contributed by atoms with Crippen LogP contribution in [0.25, 0.3) is 5.82 Å². The summed E-state index contributed by atoms with van der Waals surface area (Å²) >= 11 is 0. The highest BCUT2D eigenvalue weighted by atomic mass is 32.2. The van der Waals surface area contributed by atoms with E-state index in [1.807, 2.05) is 17.9 Å². The lowest BCUT2D eigenvalue weighted by Crippen LogP contribution is -2.49. The molecule has 1 fully saturated rings. The van der Waals surface area contributed by atoms with Gasteiger partial charge in [0.25, 0.3) is 0 Å². The molecule has 0 unspecified atom stereocenters. The molecule has 0 atom stereocenters. The second-order valence-electron chi connectivity index (χ2n) is 6.65. The zero-order valence-electron chi connectivity index (χ0n) is 15.5. The molecule has 1 aliphatic heterocycles. The molecule has 11 heteroatoms. The van der Waals surface area contributed by atoms with Crippen molar-refractivity contribution in [1.82, 2.24) is 24.3 Å². The average Bonchev–Trinajstić information content (AvgIpc) is 3.14. The number of aromatic nitrogens is 4. The van der Waals surface area contributed by atoms with Gasteiger partial charge < -0.3 is 4.90 Å². The van der Waals surface area contributed by atoms with Crippen LogP contribution in [0, 0.1) is 18.6 Å². The van der Waals surface area contributed by atoms with Crippen LogP contribution >= 0.6 is 0 Å². The standard InChI is InChI=1S/C18H18F2N6O2S/c1-13-4-5-26(23-13)18-3-2-17(21-22-18)24-6-8-25(9-7-24)29(27,28)16-11-14(19)10-15(20)12-16/h2-5,10-12H,6-9H2,1H3. The van der Waals surface area contributed by atoms with Crippen LogP contribution in [-0.2, 0) is 10.0 Å². The predicted octanol–water partition coefficient (Wildman–Crippen LogP) is 1.76. The van der Waals surface area contributed by atoms with Gasteiger partial charge in [0.05, 0.1) is 10.6 Å². The summed E-state index contributed by atoms with van der Waals surface area (Å²) in [4.78, 5) is 1.52. The van der Waals surface area contributed by atoms with E-state index in [9.17, 15) is 17.2 Å². The lowest BCUT2D eigenvalue weighted by atomic mass is 10.3. The molecule has 4 rings (SSSR count). The Kier molecular flexibility index (Phi) is 5.01. The van der Waals surface area contributed by atoms with E-state index in [0.29, 0.717) is 30.8 Å². The van der Waals surface area contributed by atoms with Gasteiger partial charge in [-0.2, -0.15) is 9.40 Å². The minimum Gasteiger partial charge on any atom is -0.352 e. The van der Waals surface area contributed by atoms with Gasteiger partial charge in [0.1, 0.15) is 11.6 Å². The molecule has 0 bridgehead atoms. The summed E-state index contributed by atoms with van der Waals surface area (Å²) in [5.74, 6) is -0.655. The van der Waals surface area contributed by atoms with Crippen LogP contribution in [0.3, 0.4) is 0 Å². The van der Waals surface area contributed by atoms with Gasteiger partial charge in [0.15, 0.2) is 11.6 Å². The lowest BCUT2D eigenvalue weighted by Gasteiger charge is -2.34. The van der Waals surface area contributed by atoms with Crippen molar-refractivity contribution in [3.63, 3.8) is 0 Å². The topological polar surface area (TPSA) is 84.2 Å². The Bertz CT molecular complexity index is 1110. The van der Waals surface area contributed by atoms with Crippen LogP contribution in [-0.4, -0.2) is 58.9 Å². The first kappa shape index (κ1) is 19.4. The molecule has 3 heterocycles. The summed E-state index contributed by atoms with van der Waals surface area (Å²) in [6, 6.07) is 7.74. The molecular weight excluding hydrogens is 402 g/mol. The Hall–Kier alpha value is -2.92. The molecule has 29 heavy (non-hydrogen) atoms. The van der Waals surface area contributed by atoms with E-state index in [1.165, 1.54) is 4.31 Å². The highest BCUT2D eigenvalue weighted by Gasteiger charge is 2.29. The molecule has 8 nitrogen and oxygen atoms in total. The maximum atomic E-state index is 13.4. The fourth-order valence-corrected chi connectivity index (χ4v) is 4.60. The molecule has 0 radical (unpaired) electrons. The number of nitrogens with zero attached hydrogens (tertiary/aromatic N) is 6. The first-order valence-corrected chi connectivity index (χ1v) is 10.3. The van der Waals surface area contributed by atoms with E-state index < -0.39 is 21.7 Å². The van der Waals surface area contributed by atoms with E-state index in [2.05, 4.69) is 15.3 Å². The van der Waals surface area contributed by atoms with E-state index >= 15 is 0 Å². The van der Waals surface area contributed by atoms with Gasteiger partial charge in [-0.05, 0) is 37.3 Å². The fraction of sp³-hybridized carbons (Fsp3) is 0.278. The van der Waals surface area contributed by atoms with Gasteiger partial charge >= 0.3 is 0 Å². The van der Waals surface area contributed by atoms with E-state index in [1.54, 1.807) is 23.0 Å². The van der Waals surface area contributed by atoms with E-state index in [0.717, 1.165) is 17.8 Å². The molecule has 0 aliphatic carbocycles. The number of rotatable bonds is 4. The number of hydrogen-bond donors (Lipinski definition) is 0. The number of hydrogen-bond acceptors (Lipinski definition) is 6. The summed E-state index contributed by atoms with van der Waals surface area (Å²) in [5.41, 5.74) is 0.867. The molecule has 1 aromatic carbocycles. The van der Waals surface area contributed by atoms with Crippen LogP contribution in [0.1, 0.15) is 5.69 Å². The second-order valence-corrected chi connectivity index (χ2v) is 8.59. The maximum absolute atomic E-state index is 13.4. The highest BCUT2D eigenvalue weighted by Crippen LogP contribution is 2.21. The molecule has 1 saturated heterocycles. The molecule has 0 amide bonds. The van der Waals surface area contributed by atoms with Crippen LogP contribution in [0.15, 0.2) is 47.5 Å². The van der Waals surface area contributed by atoms with Crippen molar-refractivity contribution in [2.45, 2.75) is 11.8 Å². The summed E-state index contributed by atoms with van der Waals surface area (Å²) < 4.78 is 55.0. The first-order chi connectivity index (χ1) is 13.8. The summed E-state index contributed by atoms with van der Waals surface area (Å²) in [6.45, 7) is 2.98. The number of sulfonamides is 1. The quantitative estimate of drug-likeness (QED) is 0.640. The molecule has 0 N–H and O–H groups in total. The Morgan fingerprint density at radius 3 is 2.07 bits per heavy atom. The number of halogens is 2.